The maximum atomic E-state index is 13.1. The zero-order chi connectivity index (χ0) is 19.9. The van der Waals surface area contributed by atoms with Gasteiger partial charge < -0.3 is 4.90 Å². The Morgan fingerprint density at radius 3 is 2.50 bits per heavy atom. The van der Waals surface area contributed by atoms with Crippen LogP contribution in [0.4, 0.5) is 5.69 Å². The Hall–Kier alpha value is -2.44. The Kier molecular flexibility index (Phi) is 4.85. The summed E-state index contributed by atoms with van der Waals surface area (Å²) in [4.78, 5) is 13.9. The monoisotopic (exact) mass is 396 g/mol. The molecule has 2 aliphatic heterocycles. The van der Waals surface area contributed by atoms with E-state index in [4.69, 9.17) is 0 Å². The molecule has 5 nitrogen and oxygen atoms in total. The molecule has 0 bridgehead atoms. The molecular weight excluding hydrogens is 372 g/mol. The van der Waals surface area contributed by atoms with E-state index in [2.05, 4.69) is 12.1 Å². The van der Waals surface area contributed by atoms with Gasteiger partial charge in [0.25, 0.3) is 0 Å². The lowest BCUT2D eigenvalue weighted by Gasteiger charge is -2.26. The number of amides is 1. The van der Waals surface area contributed by atoms with Gasteiger partial charge >= 0.3 is 0 Å². The molecule has 0 N–H and O–H groups in total. The van der Waals surface area contributed by atoms with Crippen molar-refractivity contribution in [1.82, 2.24) is 4.31 Å². The zero-order valence-electron chi connectivity index (χ0n) is 16.1. The number of hydrogen-bond donors (Lipinski definition) is 0. The molecule has 1 atom stereocenters. The Balaban J connectivity index is 1.58. The van der Waals surface area contributed by atoms with Crippen molar-refractivity contribution in [3.05, 3.63) is 65.7 Å². The van der Waals surface area contributed by atoms with Crippen LogP contribution in [0.1, 0.15) is 31.4 Å². The molecular formula is C22H24N2O3S. The molecule has 0 spiro atoms. The normalized spacial score (nSPS) is 20.0. The molecule has 0 aliphatic carbocycles. The second-order valence-electron chi connectivity index (χ2n) is 7.44. The van der Waals surface area contributed by atoms with E-state index >= 15 is 0 Å². The summed E-state index contributed by atoms with van der Waals surface area (Å²) in [7, 11) is -3.56. The summed E-state index contributed by atoms with van der Waals surface area (Å²) in [6, 6.07) is 15.3. The van der Waals surface area contributed by atoms with Crippen molar-refractivity contribution < 1.29 is 13.2 Å². The van der Waals surface area contributed by atoms with E-state index in [0.717, 1.165) is 16.8 Å². The summed E-state index contributed by atoms with van der Waals surface area (Å²) in [6.07, 6.45) is 3.38. The highest BCUT2D eigenvalue weighted by Gasteiger charge is 2.32. The van der Waals surface area contributed by atoms with Gasteiger partial charge in [-0.15, -0.1) is 0 Å². The molecule has 4 rings (SSSR count). The molecule has 0 radical (unpaired) electrons. The van der Waals surface area contributed by atoms with Crippen LogP contribution >= 0.6 is 0 Å². The highest BCUT2D eigenvalue weighted by Crippen LogP contribution is 2.35. The van der Waals surface area contributed by atoms with E-state index in [9.17, 15) is 13.2 Å². The fourth-order valence-electron chi connectivity index (χ4n) is 4.18. The van der Waals surface area contributed by atoms with Gasteiger partial charge in [0.05, 0.1) is 4.90 Å². The van der Waals surface area contributed by atoms with Crippen LogP contribution in [0.15, 0.2) is 59.5 Å². The SMILES string of the molecule is CC(=O)N1c2ccc(S(=O)(=O)N3CC=C(c4ccccc4)CC3)cc2CC1C. The first-order valence-corrected chi connectivity index (χ1v) is 11.0. The first kappa shape index (κ1) is 18.9. The van der Waals surface area contributed by atoms with Crippen LogP contribution in [-0.4, -0.2) is 37.8 Å². The van der Waals surface area contributed by atoms with E-state index in [-0.39, 0.29) is 11.9 Å². The number of fused-ring (bicyclic) bond motifs is 1. The molecule has 0 fully saturated rings. The Labute approximate surface area is 166 Å². The number of rotatable bonds is 3. The van der Waals surface area contributed by atoms with Crippen molar-refractivity contribution in [1.29, 1.82) is 0 Å². The Bertz CT molecular complexity index is 1040. The third-order valence-electron chi connectivity index (χ3n) is 5.56. The van der Waals surface area contributed by atoms with Gasteiger partial charge in [0.2, 0.25) is 15.9 Å². The average Bonchev–Trinajstić information content (AvgIpc) is 3.04. The molecule has 2 aromatic rings. The van der Waals surface area contributed by atoms with Crippen LogP contribution < -0.4 is 4.90 Å². The maximum absolute atomic E-state index is 13.1. The minimum absolute atomic E-state index is 0.0172. The predicted molar refractivity (Wildman–Crippen MR) is 111 cm³/mol. The van der Waals surface area contributed by atoms with Crippen molar-refractivity contribution in [2.24, 2.45) is 0 Å². The summed E-state index contributed by atoms with van der Waals surface area (Å²) >= 11 is 0. The van der Waals surface area contributed by atoms with E-state index < -0.39 is 10.0 Å². The van der Waals surface area contributed by atoms with Gasteiger partial charge in [-0.3, -0.25) is 4.79 Å². The molecule has 2 heterocycles. The quantitative estimate of drug-likeness (QED) is 0.798. The van der Waals surface area contributed by atoms with Gasteiger partial charge in [0.15, 0.2) is 0 Å². The van der Waals surface area contributed by atoms with Gasteiger partial charge in [-0.1, -0.05) is 36.4 Å². The highest BCUT2D eigenvalue weighted by atomic mass is 32.2. The third kappa shape index (κ3) is 3.27. The van der Waals surface area contributed by atoms with E-state index in [1.807, 2.05) is 31.2 Å². The minimum Gasteiger partial charge on any atom is -0.309 e. The zero-order valence-corrected chi connectivity index (χ0v) is 16.9. The second-order valence-corrected chi connectivity index (χ2v) is 9.38. The molecule has 1 unspecified atom stereocenters. The predicted octanol–water partition coefficient (Wildman–Crippen LogP) is 3.46. The second kappa shape index (κ2) is 7.18. The standard InChI is InChI=1S/C22H24N2O3S/c1-16-14-20-15-21(8-9-22(20)24(16)17(2)25)28(26,27)23-12-10-19(11-13-23)18-6-4-3-5-7-18/h3-10,15-16H,11-14H2,1-2H3. The van der Waals surface area contributed by atoms with Crippen LogP contribution in [-0.2, 0) is 21.2 Å². The van der Waals surface area contributed by atoms with Gasteiger partial charge in [-0.05, 0) is 54.7 Å². The number of benzene rings is 2. The molecule has 28 heavy (non-hydrogen) atoms. The highest BCUT2D eigenvalue weighted by molar-refractivity contribution is 7.89. The van der Waals surface area contributed by atoms with E-state index in [1.54, 1.807) is 30.0 Å². The molecule has 1 amide bonds. The average molecular weight is 397 g/mol. The van der Waals surface area contributed by atoms with Crippen LogP contribution in [0, 0.1) is 0 Å². The van der Waals surface area contributed by atoms with Crippen molar-refractivity contribution in [2.45, 2.75) is 37.6 Å². The fourth-order valence-corrected chi connectivity index (χ4v) is 5.61. The first-order valence-electron chi connectivity index (χ1n) is 9.55. The largest absolute Gasteiger partial charge is 0.309 e. The summed E-state index contributed by atoms with van der Waals surface area (Å²) in [5.41, 5.74) is 4.08. The first-order chi connectivity index (χ1) is 13.4. The summed E-state index contributed by atoms with van der Waals surface area (Å²) < 4.78 is 27.8. The van der Waals surface area contributed by atoms with Gasteiger partial charge in [0.1, 0.15) is 0 Å². The summed E-state index contributed by atoms with van der Waals surface area (Å²) in [5, 5.41) is 0. The molecule has 0 aromatic heterocycles. The maximum Gasteiger partial charge on any atom is 0.243 e. The number of hydrogen-bond acceptors (Lipinski definition) is 3. The lowest BCUT2D eigenvalue weighted by atomic mass is 10.0. The molecule has 0 saturated heterocycles. The lowest BCUT2D eigenvalue weighted by molar-refractivity contribution is -0.116. The fraction of sp³-hybridized carbons (Fsp3) is 0.318. The van der Waals surface area contributed by atoms with E-state index in [1.165, 1.54) is 9.88 Å². The van der Waals surface area contributed by atoms with E-state index in [0.29, 0.717) is 30.8 Å². The van der Waals surface area contributed by atoms with Crippen molar-refractivity contribution >= 4 is 27.2 Å². The molecule has 146 valence electrons. The number of nitrogens with zero attached hydrogens (tertiary/aromatic N) is 2. The van der Waals surface area contributed by atoms with Crippen LogP contribution in [0.3, 0.4) is 0 Å². The minimum atomic E-state index is -3.56. The Morgan fingerprint density at radius 1 is 1.11 bits per heavy atom. The number of carbonyl (C=O) groups is 1. The van der Waals surface area contributed by atoms with Crippen LogP contribution in [0.2, 0.25) is 0 Å². The molecule has 2 aliphatic rings. The summed E-state index contributed by atoms with van der Waals surface area (Å²) in [5.74, 6) is -0.0172. The lowest BCUT2D eigenvalue weighted by Crippen LogP contribution is -2.34. The third-order valence-corrected chi connectivity index (χ3v) is 7.42. The van der Waals surface area contributed by atoms with Crippen molar-refractivity contribution in [3.8, 4) is 0 Å². The van der Waals surface area contributed by atoms with Gasteiger partial charge in [0, 0.05) is 31.7 Å². The van der Waals surface area contributed by atoms with Crippen molar-refractivity contribution in [2.75, 3.05) is 18.0 Å². The molecule has 6 heteroatoms. The van der Waals surface area contributed by atoms with Gasteiger partial charge in [-0.25, -0.2) is 8.42 Å². The number of anilines is 1. The number of sulfonamides is 1. The van der Waals surface area contributed by atoms with Gasteiger partial charge in [-0.2, -0.15) is 4.31 Å². The molecule has 0 saturated carbocycles. The van der Waals surface area contributed by atoms with Crippen molar-refractivity contribution in [3.63, 3.8) is 0 Å². The summed E-state index contributed by atoms with van der Waals surface area (Å²) in [6.45, 7) is 4.37. The number of carbonyl (C=O) groups excluding carboxylic acids is 1. The Morgan fingerprint density at radius 2 is 1.86 bits per heavy atom. The topological polar surface area (TPSA) is 57.7 Å². The smallest absolute Gasteiger partial charge is 0.243 e. The van der Waals surface area contributed by atoms with Crippen LogP contribution in [0.5, 0.6) is 0 Å². The molecule has 2 aromatic carbocycles. The van der Waals surface area contributed by atoms with Crippen LogP contribution in [0.25, 0.3) is 5.57 Å².